The van der Waals surface area contributed by atoms with E-state index in [9.17, 15) is 14.7 Å². The number of carbonyl (C=O) groups is 2. The summed E-state index contributed by atoms with van der Waals surface area (Å²) in [6.45, 7) is 0.448. The van der Waals surface area contributed by atoms with Crippen LogP contribution >= 0.6 is 0 Å². The maximum absolute atomic E-state index is 12.5. The second kappa shape index (κ2) is 5.72. The second-order valence-electron chi connectivity index (χ2n) is 5.88. The summed E-state index contributed by atoms with van der Waals surface area (Å²) in [7, 11) is 0. The van der Waals surface area contributed by atoms with Crippen LogP contribution in [-0.4, -0.2) is 17.0 Å². The van der Waals surface area contributed by atoms with Gasteiger partial charge in [-0.15, -0.1) is 0 Å². The summed E-state index contributed by atoms with van der Waals surface area (Å²) in [5.74, 6) is -1.94. The molecule has 0 radical (unpaired) electrons. The van der Waals surface area contributed by atoms with Gasteiger partial charge in [-0.05, 0) is 30.2 Å². The van der Waals surface area contributed by atoms with Crippen LogP contribution < -0.4 is 5.32 Å². The number of carbonyl (C=O) groups excluding carboxylic acids is 1. The van der Waals surface area contributed by atoms with Crippen molar-refractivity contribution >= 4 is 11.9 Å². The summed E-state index contributed by atoms with van der Waals surface area (Å²) in [6.07, 6.45) is 5.79. The van der Waals surface area contributed by atoms with Crippen molar-refractivity contribution in [2.75, 3.05) is 0 Å². The Hall–Kier alpha value is -2.10. The van der Waals surface area contributed by atoms with E-state index >= 15 is 0 Å². The molecule has 2 bridgehead atoms. The highest BCUT2D eigenvalue weighted by Gasteiger charge is 2.47. The van der Waals surface area contributed by atoms with Crippen molar-refractivity contribution < 1.29 is 14.7 Å². The zero-order chi connectivity index (χ0) is 14.8. The largest absolute Gasteiger partial charge is 0.481 e. The predicted octanol–water partition coefficient (Wildman–Crippen LogP) is 2.22. The lowest BCUT2D eigenvalue weighted by molar-refractivity contribution is -0.153. The molecule has 1 aromatic rings. The van der Waals surface area contributed by atoms with Crippen LogP contribution in [0.15, 0.2) is 42.5 Å². The van der Waals surface area contributed by atoms with Gasteiger partial charge in [0.15, 0.2) is 0 Å². The van der Waals surface area contributed by atoms with E-state index < -0.39 is 17.8 Å². The zero-order valence-electron chi connectivity index (χ0n) is 11.7. The maximum atomic E-state index is 12.5. The van der Waals surface area contributed by atoms with Crippen LogP contribution in [0.2, 0.25) is 0 Å². The zero-order valence-corrected chi connectivity index (χ0v) is 11.7. The van der Waals surface area contributed by atoms with Gasteiger partial charge in [0.25, 0.3) is 0 Å². The molecular formula is C17H19NO3. The molecule has 1 saturated carbocycles. The molecule has 4 rings (SSSR count). The summed E-state index contributed by atoms with van der Waals surface area (Å²) in [6, 6.07) is 9.67. The lowest BCUT2D eigenvalue weighted by Crippen LogP contribution is -2.48. The second-order valence-corrected chi connectivity index (χ2v) is 5.88. The number of carboxylic acids is 1. The van der Waals surface area contributed by atoms with Gasteiger partial charge in [-0.2, -0.15) is 0 Å². The molecule has 4 unspecified atom stereocenters. The number of carboxylic acid groups (broad SMARTS) is 1. The average molecular weight is 285 g/mol. The Morgan fingerprint density at radius 3 is 2.24 bits per heavy atom. The first-order valence-corrected chi connectivity index (χ1v) is 7.39. The van der Waals surface area contributed by atoms with E-state index in [4.69, 9.17) is 0 Å². The highest BCUT2D eigenvalue weighted by atomic mass is 16.4. The highest BCUT2D eigenvalue weighted by Crippen LogP contribution is 2.45. The van der Waals surface area contributed by atoms with Gasteiger partial charge in [-0.1, -0.05) is 42.5 Å². The molecule has 0 saturated heterocycles. The molecule has 2 N–H and O–H groups in total. The number of hydrogen-bond donors (Lipinski definition) is 2. The Bertz CT molecular complexity index is 567. The molecule has 0 spiro atoms. The molecule has 110 valence electrons. The number of benzene rings is 1. The standard InChI is InChI=1S/C17H19NO3/c19-16(18-10-11-4-2-1-3-5-11)14-12-6-8-13(9-7-12)15(14)17(20)21/h1-6,8,12-15H,7,9-10H2,(H,18,19)(H,20,21). The van der Waals surface area contributed by atoms with Crippen molar-refractivity contribution in [3.05, 3.63) is 48.0 Å². The van der Waals surface area contributed by atoms with Crippen LogP contribution in [-0.2, 0) is 16.1 Å². The smallest absolute Gasteiger partial charge is 0.307 e. The number of aliphatic carboxylic acids is 1. The van der Waals surface area contributed by atoms with Crippen LogP contribution in [0.3, 0.4) is 0 Å². The van der Waals surface area contributed by atoms with E-state index in [-0.39, 0.29) is 17.7 Å². The molecule has 4 atom stereocenters. The topological polar surface area (TPSA) is 66.4 Å². The van der Waals surface area contributed by atoms with Gasteiger partial charge in [-0.25, -0.2) is 0 Å². The summed E-state index contributed by atoms with van der Waals surface area (Å²) >= 11 is 0. The fourth-order valence-electron chi connectivity index (χ4n) is 3.59. The molecule has 1 aromatic carbocycles. The van der Waals surface area contributed by atoms with Crippen LogP contribution in [0.25, 0.3) is 0 Å². The average Bonchev–Trinajstić information content (AvgIpc) is 2.53. The Kier molecular flexibility index (Phi) is 3.78. The van der Waals surface area contributed by atoms with Gasteiger partial charge < -0.3 is 10.4 Å². The summed E-state index contributed by atoms with van der Waals surface area (Å²) in [5.41, 5.74) is 1.02. The van der Waals surface area contributed by atoms with E-state index in [1.165, 1.54) is 0 Å². The Morgan fingerprint density at radius 2 is 1.67 bits per heavy atom. The summed E-state index contributed by atoms with van der Waals surface area (Å²) < 4.78 is 0. The normalized spacial score (nSPS) is 30.1. The van der Waals surface area contributed by atoms with Crippen LogP contribution in [0.4, 0.5) is 0 Å². The fraction of sp³-hybridized carbons (Fsp3) is 0.412. The Labute approximate surface area is 123 Å². The summed E-state index contributed by atoms with van der Waals surface area (Å²) in [4.78, 5) is 24.0. The van der Waals surface area contributed by atoms with Crippen LogP contribution in [0.1, 0.15) is 18.4 Å². The molecular weight excluding hydrogens is 266 g/mol. The minimum absolute atomic E-state index is 0.0000229. The SMILES string of the molecule is O=C(O)C1C2C=CC(CC2)C1C(=O)NCc1ccccc1. The van der Waals surface area contributed by atoms with Crippen LogP contribution in [0, 0.1) is 23.7 Å². The molecule has 1 amide bonds. The molecule has 0 aromatic heterocycles. The van der Waals surface area contributed by atoms with Crippen molar-refractivity contribution in [3.8, 4) is 0 Å². The number of rotatable bonds is 4. The third-order valence-corrected chi connectivity index (χ3v) is 4.65. The third kappa shape index (κ3) is 2.71. The quantitative estimate of drug-likeness (QED) is 0.834. The first kappa shape index (κ1) is 13.9. The lowest BCUT2D eigenvalue weighted by Gasteiger charge is -2.41. The van der Waals surface area contributed by atoms with Crippen molar-refractivity contribution in [1.82, 2.24) is 5.32 Å². The minimum atomic E-state index is -0.853. The Balaban J connectivity index is 1.71. The molecule has 4 nitrogen and oxygen atoms in total. The molecule has 3 aliphatic carbocycles. The lowest BCUT2D eigenvalue weighted by atomic mass is 9.62. The van der Waals surface area contributed by atoms with Crippen molar-refractivity contribution in [3.63, 3.8) is 0 Å². The number of hydrogen-bond acceptors (Lipinski definition) is 2. The summed E-state index contributed by atoms with van der Waals surface area (Å²) in [5, 5.41) is 12.4. The number of fused-ring (bicyclic) bond motifs is 2. The van der Waals surface area contributed by atoms with Crippen molar-refractivity contribution in [2.24, 2.45) is 23.7 Å². The molecule has 21 heavy (non-hydrogen) atoms. The predicted molar refractivity (Wildman–Crippen MR) is 78.3 cm³/mol. The van der Waals surface area contributed by atoms with E-state index in [0.29, 0.717) is 6.54 Å². The monoisotopic (exact) mass is 285 g/mol. The van der Waals surface area contributed by atoms with Gasteiger partial charge in [0, 0.05) is 6.54 Å². The van der Waals surface area contributed by atoms with Gasteiger partial charge in [0.1, 0.15) is 0 Å². The van der Waals surface area contributed by atoms with Gasteiger partial charge in [0.2, 0.25) is 5.91 Å². The van der Waals surface area contributed by atoms with Gasteiger partial charge >= 0.3 is 5.97 Å². The van der Waals surface area contributed by atoms with E-state index in [1.54, 1.807) is 0 Å². The molecule has 3 aliphatic rings. The first-order chi connectivity index (χ1) is 10.2. The van der Waals surface area contributed by atoms with Crippen LogP contribution in [0.5, 0.6) is 0 Å². The molecule has 0 aliphatic heterocycles. The number of nitrogens with one attached hydrogen (secondary N) is 1. The number of amides is 1. The van der Waals surface area contributed by atoms with Crippen molar-refractivity contribution in [1.29, 1.82) is 0 Å². The minimum Gasteiger partial charge on any atom is -0.481 e. The van der Waals surface area contributed by atoms with Gasteiger partial charge in [0.05, 0.1) is 11.8 Å². The van der Waals surface area contributed by atoms with E-state index in [0.717, 1.165) is 18.4 Å². The van der Waals surface area contributed by atoms with Gasteiger partial charge in [-0.3, -0.25) is 9.59 Å². The highest BCUT2D eigenvalue weighted by molar-refractivity contribution is 5.86. The van der Waals surface area contributed by atoms with E-state index in [2.05, 4.69) is 5.32 Å². The van der Waals surface area contributed by atoms with E-state index in [1.807, 2.05) is 42.5 Å². The first-order valence-electron chi connectivity index (χ1n) is 7.39. The van der Waals surface area contributed by atoms with Crippen molar-refractivity contribution in [2.45, 2.75) is 19.4 Å². The fourth-order valence-corrected chi connectivity index (χ4v) is 3.59. The molecule has 4 heteroatoms. The third-order valence-electron chi connectivity index (χ3n) is 4.65. The maximum Gasteiger partial charge on any atom is 0.307 e. The molecule has 0 heterocycles. The molecule has 1 fully saturated rings. The number of allylic oxidation sites excluding steroid dienone is 2. The Morgan fingerprint density at radius 1 is 1.05 bits per heavy atom.